The summed E-state index contributed by atoms with van der Waals surface area (Å²) in [6.45, 7) is 1.04. The summed E-state index contributed by atoms with van der Waals surface area (Å²) in [5.74, 6) is -0.0328. The van der Waals surface area contributed by atoms with E-state index in [1.807, 2.05) is 0 Å². The number of methoxy groups -OCH3 is 1. The number of ether oxygens (including phenoxy) is 1. The van der Waals surface area contributed by atoms with Gasteiger partial charge in [0.25, 0.3) is 0 Å². The van der Waals surface area contributed by atoms with Crippen molar-refractivity contribution < 1.29 is 14.3 Å². The van der Waals surface area contributed by atoms with Gasteiger partial charge in [-0.1, -0.05) is 12.8 Å². The lowest BCUT2D eigenvalue weighted by molar-refractivity contribution is -0.128. The van der Waals surface area contributed by atoms with E-state index in [2.05, 4.69) is 10.6 Å². The standard InChI is InChI=1S/C11H20N2O3/c1-16-7-6-12-10(14)8-13-11(15)9-4-2-3-5-9/h9H,2-8H2,1H3,(H,12,14)(H,13,15). The normalized spacial score (nSPS) is 16.1. The van der Waals surface area contributed by atoms with E-state index in [-0.39, 0.29) is 24.3 Å². The van der Waals surface area contributed by atoms with Crippen LogP contribution < -0.4 is 10.6 Å². The van der Waals surface area contributed by atoms with Crippen molar-refractivity contribution >= 4 is 11.8 Å². The molecule has 5 heteroatoms. The zero-order chi connectivity index (χ0) is 11.8. The van der Waals surface area contributed by atoms with E-state index in [4.69, 9.17) is 4.74 Å². The average Bonchev–Trinajstić information content (AvgIpc) is 2.79. The van der Waals surface area contributed by atoms with Gasteiger partial charge in [0.1, 0.15) is 0 Å². The second kappa shape index (κ2) is 7.22. The quantitative estimate of drug-likeness (QED) is 0.631. The highest BCUT2D eigenvalue weighted by molar-refractivity contribution is 5.85. The van der Waals surface area contributed by atoms with Gasteiger partial charge in [-0.25, -0.2) is 0 Å². The van der Waals surface area contributed by atoms with Crippen LogP contribution in [-0.4, -0.2) is 38.6 Å². The van der Waals surface area contributed by atoms with Crippen LogP contribution in [0.5, 0.6) is 0 Å². The zero-order valence-corrected chi connectivity index (χ0v) is 9.75. The van der Waals surface area contributed by atoms with Crippen LogP contribution in [0.1, 0.15) is 25.7 Å². The first-order valence-electron chi connectivity index (χ1n) is 5.77. The minimum absolute atomic E-state index is 0.0133. The van der Waals surface area contributed by atoms with Crippen molar-refractivity contribution in [1.29, 1.82) is 0 Å². The first-order valence-corrected chi connectivity index (χ1v) is 5.77. The monoisotopic (exact) mass is 228 g/mol. The molecule has 0 aromatic rings. The molecule has 0 atom stereocenters. The van der Waals surface area contributed by atoms with Gasteiger partial charge in [-0.15, -0.1) is 0 Å². The molecule has 0 aromatic heterocycles. The van der Waals surface area contributed by atoms with Gasteiger partial charge in [-0.2, -0.15) is 0 Å². The third-order valence-corrected chi connectivity index (χ3v) is 2.78. The second-order valence-corrected chi connectivity index (χ2v) is 4.04. The van der Waals surface area contributed by atoms with Crippen LogP contribution in [0.25, 0.3) is 0 Å². The lowest BCUT2D eigenvalue weighted by Crippen LogP contribution is -2.40. The first kappa shape index (κ1) is 13.0. The Morgan fingerprint density at radius 3 is 2.56 bits per heavy atom. The number of carbonyl (C=O) groups excluding carboxylic acids is 2. The molecule has 1 fully saturated rings. The van der Waals surface area contributed by atoms with Crippen LogP contribution in [-0.2, 0) is 14.3 Å². The molecule has 0 radical (unpaired) electrons. The van der Waals surface area contributed by atoms with E-state index in [1.54, 1.807) is 7.11 Å². The molecule has 2 amide bonds. The van der Waals surface area contributed by atoms with E-state index in [1.165, 1.54) is 0 Å². The molecule has 0 bridgehead atoms. The molecule has 0 spiro atoms. The van der Waals surface area contributed by atoms with Gasteiger partial charge in [-0.3, -0.25) is 9.59 Å². The fourth-order valence-corrected chi connectivity index (χ4v) is 1.85. The number of hydrogen-bond donors (Lipinski definition) is 2. The summed E-state index contributed by atoms with van der Waals surface area (Å²) in [4.78, 5) is 22.8. The Labute approximate surface area is 95.9 Å². The van der Waals surface area contributed by atoms with Crippen molar-refractivity contribution in [2.24, 2.45) is 5.92 Å². The van der Waals surface area contributed by atoms with Crippen LogP contribution in [0, 0.1) is 5.92 Å². The maximum Gasteiger partial charge on any atom is 0.239 e. The molecule has 1 aliphatic carbocycles. The van der Waals surface area contributed by atoms with Gasteiger partial charge < -0.3 is 15.4 Å². The van der Waals surface area contributed by atoms with Gasteiger partial charge in [0.2, 0.25) is 11.8 Å². The minimum Gasteiger partial charge on any atom is -0.383 e. The number of carbonyl (C=O) groups is 2. The summed E-state index contributed by atoms with van der Waals surface area (Å²) < 4.78 is 4.80. The molecule has 5 nitrogen and oxygen atoms in total. The molecule has 1 aliphatic rings. The molecule has 0 saturated heterocycles. The van der Waals surface area contributed by atoms with Crippen LogP contribution >= 0.6 is 0 Å². The van der Waals surface area contributed by atoms with E-state index in [0.717, 1.165) is 25.7 Å². The lowest BCUT2D eigenvalue weighted by atomic mass is 10.1. The van der Waals surface area contributed by atoms with Gasteiger partial charge in [0, 0.05) is 19.6 Å². The van der Waals surface area contributed by atoms with Crippen LogP contribution in [0.4, 0.5) is 0 Å². The van der Waals surface area contributed by atoms with E-state index in [9.17, 15) is 9.59 Å². The van der Waals surface area contributed by atoms with Crippen LogP contribution in [0.3, 0.4) is 0 Å². The Kier molecular flexibility index (Phi) is 5.85. The smallest absolute Gasteiger partial charge is 0.239 e. The average molecular weight is 228 g/mol. The highest BCUT2D eigenvalue weighted by Crippen LogP contribution is 2.24. The maximum atomic E-state index is 11.6. The molecular formula is C11H20N2O3. The SMILES string of the molecule is COCCNC(=O)CNC(=O)C1CCCC1. The largest absolute Gasteiger partial charge is 0.383 e. The van der Waals surface area contributed by atoms with Gasteiger partial charge in [0.15, 0.2) is 0 Å². The predicted molar refractivity (Wildman–Crippen MR) is 59.9 cm³/mol. The molecule has 1 saturated carbocycles. The molecule has 16 heavy (non-hydrogen) atoms. The van der Waals surface area contributed by atoms with Gasteiger partial charge >= 0.3 is 0 Å². The highest BCUT2D eigenvalue weighted by atomic mass is 16.5. The predicted octanol–water partition coefficient (Wildman–Crippen LogP) is 0.0554. The molecular weight excluding hydrogens is 208 g/mol. The Morgan fingerprint density at radius 2 is 1.94 bits per heavy atom. The Hall–Kier alpha value is -1.10. The molecule has 0 heterocycles. The van der Waals surface area contributed by atoms with E-state index < -0.39 is 0 Å². The highest BCUT2D eigenvalue weighted by Gasteiger charge is 2.22. The summed E-state index contributed by atoms with van der Waals surface area (Å²) in [6, 6.07) is 0. The second-order valence-electron chi connectivity index (χ2n) is 4.04. The fourth-order valence-electron chi connectivity index (χ4n) is 1.85. The molecule has 92 valence electrons. The van der Waals surface area contributed by atoms with Gasteiger partial charge in [-0.05, 0) is 12.8 Å². The fraction of sp³-hybridized carbons (Fsp3) is 0.818. The Balaban J connectivity index is 2.08. The molecule has 0 aliphatic heterocycles. The maximum absolute atomic E-state index is 11.6. The number of nitrogens with one attached hydrogen (secondary N) is 2. The molecule has 0 unspecified atom stereocenters. The van der Waals surface area contributed by atoms with Gasteiger partial charge in [0.05, 0.1) is 13.2 Å². The summed E-state index contributed by atoms with van der Waals surface area (Å²) in [5.41, 5.74) is 0. The van der Waals surface area contributed by atoms with Crippen molar-refractivity contribution in [3.8, 4) is 0 Å². The minimum atomic E-state index is -0.164. The molecule has 2 N–H and O–H groups in total. The van der Waals surface area contributed by atoms with Crippen molar-refractivity contribution in [2.45, 2.75) is 25.7 Å². The topological polar surface area (TPSA) is 67.4 Å². The van der Waals surface area contributed by atoms with Crippen molar-refractivity contribution in [3.05, 3.63) is 0 Å². The van der Waals surface area contributed by atoms with Crippen LogP contribution in [0.2, 0.25) is 0 Å². The van der Waals surface area contributed by atoms with Crippen molar-refractivity contribution in [1.82, 2.24) is 10.6 Å². The Bertz CT molecular complexity index is 237. The summed E-state index contributed by atoms with van der Waals surface area (Å²) in [6.07, 6.45) is 4.16. The van der Waals surface area contributed by atoms with E-state index >= 15 is 0 Å². The van der Waals surface area contributed by atoms with Crippen molar-refractivity contribution in [2.75, 3.05) is 26.8 Å². The molecule has 0 aromatic carbocycles. The summed E-state index contributed by atoms with van der Waals surface area (Å²) in [5, 5.41) is 5.31. The third-order valence-electron chi connectivity index (χ3n) is 2.78. The third kappa shape index (κ3) is 4.61. The lowest BCUT2D eigenvalue weighted by Gasteiger charge is -2.10. The zero-order valence-electron chi connectivity index (χ0n) is 9.75. The Morgan fingerprint density at radius 1 is 1.25 bits per heavy atom. The summed E-state index contributed by atoms with van der Waals surface area (Å²) in [7, 11) is 1.58. The molecule has 1 rings (SSSR count). The van der Waals surface area contributed by atoms with Crippen LogP contribution in [0.15, 0.2) is 0 Å². The number of rotatable bonds is 6. The summed E-state index contributed by atoms with van der Waals surface area (Å²) >= 11 is 0. The first-order chi connectivity index (χ1) is 7.74. The van der Waals surface area contributed by atoms with E-state index in [0.29, 0.717) is 13.2 Å². The van der Waals surface area contributed by atoms with Crippen molar-refractivity contribution in [3.63, 3.8) is 0 Å². The number of hydrogen-bond acceptors (Lipinski definition) is 3. The number of amides is 2.